The predicted molar refractivity (Wildman–Crippen MR) is 143 cm³/mol. The smallest absolute Gasteiger partial charge is 0.293 e. The van der Waals surface area contributed by atoms with Gasteiger partial charge in [-0.3, -0.25) is 20.2 Å². The molecule has 3 aromatic carbocycles. The molecule has 0 spiro atoms. The molecule has 0 aliphatic carbocycles. The minimum Gasteiger partial charge on any atom is -0.451 e. The lowest BCUT2D eigenvalue weighted by molar-refractivity contribution is -0.384. The molecule has 0 saturated heterocycles. The van der Waals surface area contributed by atoms with E-state index in [-0.39, 0.29) is 27.9 Å². The maximum Gasteiger partial charge on any atom is 0.293 e. The molecular formula is C26H18N4O4S2. The van der Waals surface area contributed by atoms with E-state index in [9.17, 15) is 14.9 Å². The number of thiocarbonyl (C=S) groups is 1. The average molecular weight is 515 g/mol. The van der Waals surface area contributed by atoms with Crippen molar-refractivity contribution in [3.05, 3.63) is 106 Å². The number of nitrogens with one attached hydrogen (secondary N) is 2. The summed E-state index contributed by atoms with van der Waals surface area (Å²) in [7, 11) is 0. The molecule has 8 nitrogen and oxygen atoms in total. The number of nitro groups is 1. The monoisotopic (exact) mass is 514 g/mol. The van der Waals surface area contributed by atoms with E-state index >= 15 is 0 Å². The van der Waals surface area contributed by atoms with Gasteiger partial charge in [0.15, 0.2) is 10.9 Å². The minimum atomic E-state index is -0.552. The number of carbonyl (C=O) groups is 1. The third-order valence-corrected chi connectivity index (χ3v) is 6.70. The van der Waals surface area contributed by atoms with Crippen LogP contribution in [0.2, 0.25) is 0 Å². The summed E-state index contributed by atoms with van der Waals surface area (Å²) < 4.78 is 6.70. The standard InChI is InChI=1S/C26H18N4O4S2/c31-24(22-14-13-21(34-22)18-5-1-3-7-20(18)30(32)33)29-26(35)27-15-16-9-11-17(12-10-16)25-28-19-6-2-4-8-23(19)36-25/h1-14H,15H2,(H2,27,29,31,35). The molecule has 0 aliphatic heterocycles. The minimum absolute atomic E-state index is 0.00695. The van der Waals surface area contributed by atoms with Crippen LogP contribution >= 0.6 is 23.6 Å². The number of nitrogens with zero attached hydrogens (tertiary/aromatic N) is 2. The lowest BCUT2D eigenvalue weighted by Crippen LogP contribution is -2.38. The zero-order valence-corrected chi connectivity index (χ0v) is 20.3. The number of carbonyl (C=O) groups excluding carboxylic acids is 1. The molecule has 10 heteroatoms. The van der Waals surface area contributed by atoms with Crippen LogP contribution in [0.15, 0.2) is 89.3 Å². The molecule has 5 rings (SSSR count). The Kier molecular flexibility index (Phi) is 6.52. The van der Waals surface area contributed by atoms with Gasteiger partial charge >= 0.3 is 0 Å². The first kappa shape index (κ1) is 23.3. The Bertz CT molecular complexity index is 1560. The molecule has 1 amide bonds. The fourth-order valence-electron chi connectivity index (χ4n) is 3.60. The fourth-order valence-corrected chi connectivity index (χ4v) is 4.73. The van der Waals surface area contributed by atoms with E-state index in [4.69, 9.17) is 16.6 Å². The normalized spacial score (nSPS) is 10.8. The number of hydrogen-bond donors (Lipinski definition) is 2. The van der Waals surface area contributed by atoms with Gasteiger partial charge in [0.25, 0.3) is 11.6 Å². The van der Waals surface area contributed by atoms with Crippen molar-refractivity contribution < 1.29 is 14.1 Å². The van der Waals surface area contributed by atoms with Crippen LogP contribution in [0.4, 0.5) is 5.69 Å². The van der Waals surface area contributed by atoms with Gasteiger partial charge in [-0.05, 0) is 48.1 Å². The number of benzene rings is 3. The second kappa shape index (κ2) is 10.1. The van der Waals surface area contributed by atoms with Gasteiger partial charge in [-0.2, -0.15) is 0 Å². The van der Waals surface area contributed by atoms with Crippen molar-refractivity contribution in [2.24, 2.45) is 0 Å². The van der Waals surface area contributed by atoms with Crippen LogP contribution in [0.5, 0.6) is 0 Å². The molecule has 0 fully saturated rings. The lowest BCUT2D eigenvalue weighted by atomic mass is 10.1. The van der Waals surface area contributed by atoms with Gasteiger partial charge < -0.3 is 9.73 Å². The van der Waals surface area contributed by atoms with Gasteiger partial charge in [-0.15, -0.1) is 11.3 Å². The molecule has 0 bridgehead atoms. The van der Waals surface area contributed by atoms with Crippen LogP contribution in [-0.4, -0.2) is 20.9 Å². The van der Waals surface area contributed by atoms with Crippen molar-refractivity contribution in [1.82, 2.24) is 15.6 Å². The third-order valence-electron chi connectivity index (χ3n) is 5.37. The number of furan rings is 1. The summed E-state index contributed by atoms with van der Waals surface area (Å²) in [5, 5.41) is 17.9. The highest BCUT2D eigenvalue weighted by Crippen LogP contribution is 2.31. The molecule has 0 saturated carbocycles. The summed E-state index contributed by atoms with van der Waals surface area (Å²) in [6.07, 6.45) is 0. The first-order chi connectivity index (χ1) is 17.5. The first-order valence-electron chi connectivity index (χ1n) is 10.9. The molecular weight excluding hydrogens is 496 g/mol. The van der Waals surface area contributed by atoms with E-state index in [1.165, 1.54) is 18.2 Å². The van der Waals surface area contributed by atoms with Crippen LogP contribution in [0.3, 0.4) is 0 Å². The Morgan fingerprint density at radius 3 is 2.53 bits per heavy atom. The number of hydrogen-bond acceptors (Lipinski definition) is 7. The molecule has 2 heterocycles. The Morgan fingerprint density at radius 1 is 1.00 bits per heavy atom. The highest BCUT2D eigenvalue weighted by Gasteiger charge is 2.19. The predicted octanol–water partition coefficient (Wildman–Crippen LogP) is 5.94. The van der Waals surface area contributed by atoms with E-state index in [0.717, 1.165) is 26.4 Å². The van der Waals surface area contributed by atoms with Crippen molar-refractivity contribution in [2.45, 2.75) is 6.54 Å². The Morgan fingerprint density at radius 2 is 1.75 bits per heavy atom. The van der Waals surface area contributed by atoms with E-state index in [1.807, 2.05) is 42.5 Å². The van der Waals surface area contributed by atoms with Crippen molar-refractivity contribution in [2.75, 3.05) is 0 Å². The second-order valence-corrected chi connectivity index (χ2v) is 9.20. The topological polar surface area (TPSA) is 110 Å². The quantitative estimate of drug-likeness (QED) is 0.164. The largest absolute Gasteiger partial charge is 0.451 e. The highest BCUT2D eigenvalue weighted by molar-refractivity contribution is 7.80. The van der Waals surface area contributed by atoms with Crippen molar-refractivity contribution in [1.29, 1.82) is 0 Å². The first-order valence-corrected chi connectivity index (χ1v) is 12.1. The Balaban J connectivity index is 1.18. The van der Waals surface area contributed by atoms with Gasteiger partial charge in [0.2, 0.25) is 0 Å². The average Bonchev–Trinajstić information content (AvgIpc) is 3.55. The van der Waals surface area contributed by atoms with E-state index in [1.54, 1.807) is 29.5 Å². The molecule has 2 N–H and O–H groups in total. The molecule has 178 valence electrons. The zero-order chi connectivity index (χ0) is 25.1. The summed E-state index contributed by atoms with van der Waals surface area (Å²) in [6.45, 7) is 0.416. The second-order valence-electron chi connectivity index (χ2n) is 7.76. The van der Waals surface area contributed by atoms with E-state index < -0.39 is 10.8 Å². The number of aromatic nitrogens is 1. The molecule has 5 aromatic rings. The third kappa shape index (κ3) is 4.99. The number of para-hydroxylation sites is 2. The Hall–Kier alpha value is -4.41. The molecule has 0 unspecified atom stereocenters. The summed E-state index contributed by atoms with van der Waals surface area (Å²) in [4.78, 5) is 28.0. The number of nitro benzene ring substituents is 1. The maximum absolute atomic E-state index is 12.5. The van der Waals surface area contributed by atoms with Crippen LogP contribution in [-0.2, 0) is 6.54 Å². The van der Waals surface area contributed by atoms with E-state index in [0.29, 0.717) is 6.54 Å². The maximum atomic E-state index is 12.5. The summed E-state index contributed by atoms with van der Waals surface area (Å²) in [5.74, 6) is -0.337. The fraction of sp³-hybridized carbons (Fsp3) is 0.0385. The zero-order valence-electron chi connectivity index (χ0n) is 18.6. The number of amides is 1. The molecule has 36 heavy (non-hydrogen) atoms. The van der Waals surface area contributed by atoms with Gasteiger partial charge in [0.05, 0.1) is 20.7 Å². The number of fused-ring (bicyclic) bond motifs is 1. The summed E-state index contributed by atoms with van der Waals surface area (Å²) in [5.41, 5.74) is 3.17. The highest BCUT2D eigenvalue weighted by atomic mass is 32.1. The molecule has 0 radical (unpaired) electrons. The summed E-state index contributed by atoms with van der Waals surface area (Å²) in [6, 6.07) is 25.1. The van der Waals surface area contributed by atoms with Crippen molar-refractivity contribution in [3.8, 4) is 21.9 Å². The molecule has 0 aliphatic rings. The number of thiazole rings is 1. The number of rotatable bonds is 6. The SMILES string of the molecule is O=C(NC(=S)NCc1ccc(-c2nc3ccccc3s2)cc1)c1ccc(-c2ccccc2[N+](=O)[O-])o1. The molecule has 0 atom stereocenters. The van der Waals surface area contributed by atoms with Gasteiger partial charge in [0.1, 0.15) is 10.8 Å². The Labute approximate surface area is 214 Å². The molecule has 2 aromatic heterocycles. The van der Waals surface area contributed by atoms with Crippen LogP contribution in [0.25, 0.3) is 32.1 Å². The van der Waals surface area contributed by atoms with Crippen LogP contribution < -0.4 is 10.6 Å². The van der Waals surface area contributed by atoms with Gasteiger partial charge in [-0.25, -0.2) is 4.98 Å². The lowest BCUT2D eigenvalue weighted by Gasteiger charge is -2.09. The van der Waals surface area contributed by atoms with Gasteiger partial charge in [-0.1, -0.05) is 48.5 Å². The van der Waals surface area contributed by atoms with Crippen molar-refractivity contribution in [3.63, 3.8) is 0 Å². The van der Waals surface area contributed by atoms with Crippen LogP contribution in [0, 0.1) is 10.1 Å². The van der Waals surface area contributed by atoms with E-state index in [2.05, 4.69) is 21.7 Å². The summed E-state index contributed by atoms with van der Waals surface area (Å²) >= 11 is 6.89. The van der Waals surface area contributed by atoms with Crippen LogP contribution in [0.1, 0.15) is 16.1 Å². The van der Waals surface area contributed by atoms with Gasteiger partial charge in [0, 0.05) is 18.2 Å². The van der Waals surface area contributed by atoms with Crippen molar-refractivity contribution >= 4 is 50.5 Å².